The fourth-order valence-electron chi connectivity index (χ4n) is 4.12. The van der Waals surface area contributed by atoms with E-state index in [-0.39, 0.29) is 41.8 Å². The molecule has 9 heteroatoms. The van der Waals surface area contributed by atoms with Crippen LogP contribution in [0.4, 0.5) is 4.39 Å². The van der Waals surface area contributed by atoms with E-state index >= 15 is 0 Å². The molecule has 1 aliphatic heterocycles. The van der Waals surface area contributed by atoms with Gasteiger partial charge in [0.1, 0.15) is 24.2 Å². The number of nitriles is 1. The van der Waals surface area contributed by atoms with Crippen LogP contribution in [0.5, 0.6) is 5.75 Å². The number of ether oxygens (including phenoxy) is 2. The predicted molar refractivity (Wildman–Crippen MR) is 127 cm³/mol. The molecule has 1 heterocycles. The summed E-state index contributed by atoms with van der Waals surface area (Å²) in [5, 5.41) is 21.6. The minimum absolute atomic E-state index is 0.0555. The SMILES string of the molecule is COc1cc(CC(=O)N(CCCO)CCNCCc2ccc3c(c2C)COC3=O)c(F)cc1C#N. The Kier molecular flexibility index (Phi) is 9.18. The Morgan fingerprint density at radius 2 is 2.09 bits per heavy atom. The summed E-state index contributed by atoms with van der Waals surface area (Å²) in [6, 6.07) is 8.07. The molecular formula is C26H30FN3O5. The first-order valence-corrected chi connectivity index (χ1v) is 11.5. The molecule has 8 nitrogen and oxygen atoms in total. The predicted octanol–water partition coefficient (Wildman–Crippen LogP) is 2.27. The van der Waals surface area contributed by atoms with E-state index in [9.17, 15) is 19.1 Å². The standard InChI is InChI=1S/C26H30FN3O5/c1-17-18(4-5-21-22(17)16-35-26(21)33)6-7-29-8-10-30(9-3-11-31)25(32)14-19-13-24(34-2)20(15-28)12-23(19)27/h4-5,12-13,29,31H,3,6-11,14,16H2,1-2H3. The van der Waals surface area contributed by atoms with Gasteiger partial charge in [0, 0.05) is 37.4 Å². The molecule has 0 bridgehead atoms. The quantitative estimate of drug-likeness (QED) is 0.352. The van der Waals surface area contributed by atoms with Crippen molar-refractivity contribution in [3.63, 3.8) is 0 Å². The Bertz CT molecular complexity index is 1130. The van der Waals surface area contributed by atoms with E-state index in [2.05, 4.69) is 5.32 Å². The van der Waals surface area contributed by atoms with Crippen molar-refractivity contribution >= 4 is 11.9 Å². The molecule has 2 aromatic rings. The second-order valence-corrected chi connectivity index (χ2v) is 8.34. The first-order valence-electron chi connectivity index (χ1n) is 11.5. The summed E-state index contributed by atoms with van der Waals surface area (Å²) in [5.74, 6) is -0.962. The highest BCUT2D eigenvalue weighted by atomic mass is 19.1. The van der Waals surface area contributed by atoms with Crippen molar-refractivity contribution in [3.8, 4) is 11.8 Å². The van der Waals surface area contributed by atoms with Crippen LogP contribution in [0.2, 0.25) is 0 Å². The van der Waals surface area contributed by atoms with Gasteiger partial charge in [-0.2, -0.15) is 5.26 Å². The lowest BCUT2D eigenvalue weighted by Gasteiger charge is -2.23. The lowest BCUT2D eigenvalue weighted by molar-refractivity contribution is -0.130. The lowest BCUT2D eigenvalue weighted by Crippen LogP contribution is -2.39. The molecular weight excluding hydrogens is 453 g/mol. The number of aliphatic hydroxyl groups is 1. The van der Waals surface area contributed by atoms with Crippen LogP contribution in [0.1, 0.15) is 44.6 Å². The molecule has 0 aromatic heterocycles. The third-order valence-electron chi connectivity index (χ3n) is 6.18. The number of fused-ring (bicyclic) bond motifs is 1. The van der Waals surface area contributed by atoms with Gasteiger partial charge in [0.05, 0.1) is 24.7 Å². The van der Waals surface area contributed by atoms with Crippen molar-refractivity contribution in [3.05, 3.63) is 63.5 Å². The Morgan fingerprint density at radius 1 is 1.29 bits per heavy atom. The van der Waals surface area contributed by atoms with Crippen molar-refractivity contribution in [2.75, 3.05) is 39.9 Å². The van der Waals surface area contributed by atoms with Gasteiger partial charge in [0.15, 0.2) is 0 Å². The maximum atomic E-state index is 14.4. The average molecular weight is 484 g/mol. The zero-order valence-electron chi connectivity index (χ0n) is 20.0. The first kappa shape index (κ1) is 26.1. The van der Waals surface area contributed by atoms with Gasteiger partial charge in [-0.15, -0.1) is 0 Å². The molecule has 2 N–H and O–H groups in total. The van der Waals surface area contributed by atoms with Crippen LogP contribution in [-0.4, -0.2) is 61.8 Å². The number of rotatable bonds is 12. The largest absolute Gasteiger partial charge is 0.495 e. The van der Waals surface area contributed by atoms with E-state index in [0.29, 0.717) is 44.8 Å². The number of amides is 1. The van der Waals surface area contributed by atoms with E-state index in [1.807, 2.05) is 19.1 Å². The summed E-state index contributed by atoms with van der Waals surface area (Å²) in [7, 11) is 1.39. The molecule has 0 fully saturated rings. The summed E-state index contributed by atoms with van der Waals surface area (Å²) in [4.78, 5) is 26.2. The highest BCUT2D eigenvalue weighted by Crippen LogP contribution is 2.26. The van der Waals surface area contributed by atoms with Gasteiger partial charge < -0.3 is 24.8 Å². The number of nitrogens with one attached hydrogen (secondary N) is 1. The molecule has 1 amide bonds. The summed E-state index contributed by atoms with van der Waals surface area (Å²) in [6.07, 6.45) is 1.00. The van der Waals surface area contributed by atoms with Gasteiger partial charge in [-0.3, -0.25) is 4.79 Å². The Morgan fingerprint density at radius 3 is 2.80 bits per heavy atom. The number of hydrogen-bond donors (Lipinski definition) is 2. The number of hydrogen-bond acceptors (Lipinski definition) is 7. The number of benzene rings is 2. The molecule has 0 saturated heterocycles. The van der Waals surface area contributed by atoms with E-state index < -0.39 is 5.82 Å². The fraction of sp³-hybridized carbons (Fsp3) is 0.423. The molecule has 35 heavy (non-hydrogen) atoms. The Balaban J connectivity index is 1.54. The molecule has 2 aromatic carbocycles. The zero-order valence-corrected chi connectivity index (χ0v) is 20.0. The van der Waals surface area contributed by atoms with Gasteiger partial charge >= 0.3 is 5.97 Å². The molecule has 1 aliphatic rings. The second-order valence-electron chi connectivity index (χ2n) is 8.34. The Labute approximate surface area is 204 Å². The lowest BCUT2D eigenvalue weighted by atomic mass is 9.97. The maximum Gasteiger partial charge on any atom is 0.338 e. The summed E-state index contributed by atoms with van der Waals surface area (Å²) in [5.41, 5.74) is 4.00. The van der Waals surface area contributed by atoms with Crippen molar-refractivity contribution in [1.82, 2.24) is 10.2 Å². The van der Waals surface area contributed by atoms with Crippen molar-refractivity contribution in [1.29, 1.82) is 5.26 Å². The number of halogens is 1. The average Bonchev–Trinajstić information content (AvgIpc) is 3.24. The summed E-state index contributed by atoms with van der Waals surface area (Å²) in [6.45, 7) is 4.21. The maximum absolute atomic E-state index is 14.4. The van der Waals surface area contributed by atoms with Crippen molar-refractivity contribution in [2.45, 2.75) is 32.8 Å². The molecule has 0 aliphatic carbocycles. The summed E-state index contributed by atoms with van der Waals surface area (Å²) < 4.78 is 24.7. The van der Waals surface area contributed by atoms with E-state index in [0.717, 1.165) is 29.2 Å². The van der Waals surface area contributed by atoms with Gasteiger partial charge in [-0.25, -0.2) is 9.18 Å². The monoisotopic (exact) mass is 483 g/mol. The fourth-order valence-corrected chi connectivity index (χ4v) is 4.12. The van der Waals surface area contributed by atoms with E-state index in [1.165, 1.54) is 13.2 Å². The number of methoxy groups -OCH3 is 1. The molecule has 0 atom stereocenters. The smallest absolute Gasteiger partial charge is 0.338 e. The number of cyclic esters (lactones) is 1. The molecule has 0 spiro atoms. The number of aliphatic hydroxyl groups excluding tert-OH is 1. The molecule has 3 rings (SSSR count). The van der Waals surface area contributed by atoms with Crippen LogP contribution >= 0.6 is 0 Å². The molecule has 186 valence electrons. The topological polar surface area (TPSA) is 112 Å². The second kappa shape index (κ2) is 12.3. The van der Waals surface area contributed by atoms with E-state index in [1.54, 1.807) is 11.0 Å². The normalized spacial score (nSPS) is 12.1. The van der Waals surface area contributed by atoms with E-state index in [4.69, 9.17) is 14.7 Å². The van der Waals surface area contributed by atoms with Crippen molar-refractivity contribution in [2.24, 2.45) is 0 Å². The summed E-state index contributed by atoms with van der Waals surface area (Å²) >= 11 is 0. The van der Waals surface area contributed by atoms with Crippen molar-refractivity contribution < 1.29 is 28.6 Å². The van der Waals surface area contributed by atoms with Gasteiger partial charge in [0.2, 0.25) is 5.91 Å². The number of carbonyl (C=O) groups excluding carboxylic acids is 2. The minimum Gasteiger partial charge on any atom is -0.495 e. The third-order valence-corrected chi connectivity index (χ3v) is 6.18. The van der Waals surface area contributed by atoms with Crippen LogP contribution in [-0.2, 0) is 29.0 Å². The zero-order chi connectivity index (χ0) is 25.4. The number of carbonyl (C=O) groups is 2. The van der Waals surface area contributed by atoms with Crippen LogP contribution in [0, 0.1) is 24.1 Å². The van der Waals surface area contributed by atoms with Crippen LogP contribution in [0.15, 0.2) is 24.3 Å². The highest BCUT2D eigenvalue weighted by molar-refractivity contribution is 5.93. The van der Waals surface area contributed by atoms with Crippen LogP contribution in [0.3, 0.4) is 0 Å². The molecule has 0 radical (unpaired) electrons. The number of nitrogens with zero attached hydrogens (tertiary/aromatic N) is 2. The Hall–Kier alpha value is -3.48. The molecule has 0 saturated carbocycles. The van der Waals surface area contributed by atoms with Crippen LogP contribution < -0.4 is 10.1 Å². The van der Waals surface area contributed by atoms with Gasteiger partial charge in [-0.1, -0.05) is 6.07 Å². The highest BCUT2D eigenvalue weighted by Gasteiger charge is 2.23. The number of esters is 1. The first-order chi connectivity index (χ1) is 16.9. The van der Waals surface area contributed by atoms with Gasteiger partial charge in [0.25, 0.3) is 0 Å². The molecule has 0 unspecified atom stereocenters. The van der Waals surface area contributed by atoms with Crippen LogP contribution in [0.25, 0.3) is 0 Å². The van der Waals surface area contributed by atoms with Gasteiger partial charge in [-0.05, 0) is 55.6 Å². The third kappa shape index (κ3) is 6.35. The minimum atomic E-state index is -0.632.